The van der Waals surface area contributed by atoms with E-state index in [1.165, 1.54) is 10.4 Å². The number of benzene rings is 1. The average molecular weight is 374 g/mol. The third-order valence-electron chi connectivity index (χ3n) is 4.41. The van der Waals surface area contributed by atoms with E-state index in [1.54, 1.807) is 13.8 Å². The minimum atomic E-state index is -3.33. The number of hydrogen-bond donors (Lipinski definition) is 1. The molecule has 0 aliphatic carbocycles. The van der Waals surface area contributed by atoms with Crippen LogP contribution in [0.2, 0.25) is 0 Å². The van der Waals surface area contributed by atoms with Crippen LogP contribution in [0.4, 0.5) is 8.78 Å². The van der Waals surface area contributed by atoms with Crippen molar-refractivity contribution in [3.8, 4) is 0 Å². The van der Waals surface area contributed by atoms with Crippen molar-refractivity contribution < 1.29 is 22.0 Å². The van der Waals surface area contributed by atoms with Crippen molar-refractivity contribution in [2.24, 2.45) is 5.92 Å². The van der Waals surface area contributed by atoms with E-state index in [0.717, 1.165) is 12.1 Å². The summed E-state index contributed by atoms with van der Waals surface area (Å²) in [6.45, 7) is 4.08. The molecule has 1 aliphatic heterocycles. The van der Waals surface area contributed by atoms with Gasteiger partial charge in [-0.05, 0) is 43.9 Å². The third kappa shape index (κ3) is 4.98. The summed E-state index contributed by atoms with van der Waals surface area (Å²) in [6.07, 6.45) is 1.76. The van der Waals surface area contributed by atoms with Gasteiger partial charge in [0, 0.05) is 13.1 Å². The average Bonchev–Trinajstić information content (AvgIpc) is 2.57. The Kier molecular flexibility index (Phi) is 6.51. The van der Waals surface area contributed by atoms with Crippen LogP contribution < -0.4 is 5.32 Å². The maximum Gasteiger partial charge on any atom is 0.224 e. The summed E-state index contributed by atoms with van der Waals surface area (Å²) in [4.78, 5) is 12.5. The van der Waals surface area contributed by atoms with E-state index in [0.29, 0.717) is 31.4 Å². The van der Waals surface area contributed by atoms with Crippen LogP contribution in [0.5, 0.6) is 0 Å². The second-order valence-electron chi connectivity index (χ2n) is 6.42. The Morgan fingerprint density at radius 2 is 2.08 bits per heavy atom. The number of piperidine rings is 1. The van der Waals surface area contributed by atoms with Gasteiger partial charge in [0.05, 0.1) is 17.7 Å². The fourth-order valence-electron chi connectivity index (χ4n) is 2.99. The molecule has 5 nitrogen and oxygen atoms in total. The number of carbonyl (C=O) groups excluding carboxylic acids is 1. The Morgan fingerprint density at radius 3 is 2.72 bits per heavy atom. The number of nitrogens with one attached hydrogen (secondary N) is 1. The monoisotopic (exact) mass is 374 g/mol. The van der Waals surface area contributed by atoms with Crippen LogP contribution in [0, 0.1) is 17.6 Å². The summed E-state index contributed by atoms with van der Waals surface area (Å²) in [6, 6.07) is 3.00. The van der Waals surface area contributed by atoms with Crippen LogP contribution in [-0.2, 0) is 14.8 Å². The molecule has 140 valence electrons. The lowest BCUT2D eigenvalue weighted by molar-refractivity contribution is -0.126. The molecule has 1 saturated heterocycles. The first kappa shape index (κ1) is 19.8. The lowest BCUT2D eigenvalue weighted by atomic mass is 9.98. The van der Waals surface area contributed by atoms with E-state index in [9.17, 15) is 22.0 Å². The minimum absolute atomic E-state index is 0.0760. The number of nitrogens with zero attached hydrogens (tertiary/aromatic N) is 1. The van der Waals surface area contributed by atoms with Crippen LogP contribution in [0.15, 0.2) is 18.2 Å². The zero-order chi connectivity index (χ0) is 18.6. The Hall–Kier alpha value is -1.54. The molecular formula is C17H24F2N2O3S. The molecule has 1 aromatic carbocycles. The van der Waals surface area contributed by atoms with Crippen LogP contribution in [0.3, 0.4) is 0 Å². The lowest BCUT2D eigenvalue weighted by Crippen LogP contribution is -2.46. The van der Waals surface area contributed by atoms with Gasteiger partial charge >= 0.3 is 0 Å². The fourth-order valence-corrected chi connectivity index (χ4v) is 4.58. The number of halogens is 2. The van der Waals surface area contributed by atoms with Crippen molar-refractivity contribution in [1.29, 1.82) is 0 Å². The van der Waals surface area contributed by atoms with Gasteiger partial charge < -0.3 is 5.32 Å². The largest absolute Gasteiger partial charge is 0.349 e. The smallest absolute Gasteiger partial charge is 0.224 e. The highest BCUT2D eigenvalue weighted by atomic mass is 32.2. The summed E-state index contributed by atoms with van der Waals surface area (Å²) in [5.74, 6) is -2.53. The molecule has 1 heterocycles. The molecule has 0 radical (unpaired) electrons. The van der Waals surface area contributed by atoms with Gasteiger partial charge in [-0.15, -0.1) is 0 Å². The highest BCUT2D eigenvalue weighted by Gasteiger charge is 2.32. The van der Waals surface area contributed by atoms with Crippen LogP contribution in [-0.4, -0.2) is 37.5 Å². The highest BCUT2D eigenvalue weighted by Crippen LogP contribution is 2.22. The molecule has 2 rings (SSSR count). The normalized spacial score (nSPS) is 20.2. The number of sulfonamides is 1. The van der Waals surface area contributed by atoms with E-state index >= 15 is 0 Å². The summed E-state index contributed by atoms with van der Waals surface area (Å²) in [7, 11) is -3.33. The first-order valence-corrected chi connectivity index (χ1v) is 10.1. The predicted molar refractivity (Wildman–Crippen MR) is 91.3 cm³/mol. The topological polar surface area (TPSA) is 66.5 Å². The van der Waals surface area contributed by atoms with Gasteiger partial charge in [0.15, 0.2) is 11.6 Å². The number of hydrogen-bond acceptors (Lipinski definition) is 3. The molecule has 0 saturated carbocycles. The van der Waals surface area contributed by atoms with E-state index in [-0.39, 0.29) is 18.2 Å². The zero-order valence-corrected chi connectivity index (χ0v) is 15.3. The number of amides is 1. The summed E-state index contributed by atoms with van der Waals surface area (Å²) < 4.78 is 52.1. The molecule has 8 heteroatoms. The molecule has 0 unspecified atom stereocenters. The second-order valence-corrected chi connectivity index (χ2v) is 8.51. The molecular weight excluding hydrogens is 350 g/mol. The third-order valence-corrected chi connectivity index (χ3v) is 6.46. The van der Waals surface area contributed by atoms with Crippen LogP contribution in [0.25, 0.3) is 0 Å². The van der Waals surface area contributed by atoms with Crippen molar-refractivity contribution in [2.45, 2.75) is 39.2 Å². The van der Waals surface area contributed by atoms with Crippen LogP contribution in [0.1, 0.15) is 44.7 Å². The van der Waals surface area contributed by atoms with Gasteiger partial charge in [-0.25, -0.2) is 21.5 Å². The Balaban J connectivity index is 2.01. The van der Waals surface area contributed by atoms with Crippen LogP contribution >= 0.6 is 0 Å². The second kappa shape index (κ2) is 8.23. The van der Waals surface area contributed by atoms with Gasteiger partial charge in [0.1, 0.15) is 0 Å². The number of carbonyl (C=O) groups is 1. The van der Waals surface area contributed by atoms with E-state index in [4.69, 9.17) is 0 Å². The van der Waals surface area contributed by atoms with Gasteiger partial charge in [-0.2, -0.15) is 0 Å². The first-order chi connectivity index (χ1) is 11.7. The Bertz CT molecular complexity index is 725. The number of rotatable bonds is 6. The quantitative estimate of drug-likeness (QED) is 0.832. The molecule has 1 fully saturated rings. The van der Waals surface area contributed by atoms with Gasteiger partial charge in [-0.3, -0.25) is 4.79 Å². The molecule has 25 heavy (non-hydrogen) atoms. The molecule has 0 spiro atoms. The molecule has 1 amide bonds. The van der Waals surface area contributed by atoms with E-state index in [1.807, 2.05) is 0 Å². The zero-order valence-electron chi connectivity index (χ0n) is 14.5. The van der Waals surface area contributed by atoms with Gasteiger partial charge in [0.25, 0.3) is 0 Å². The Labute approximate surface area is 147 Å². The van der Waals surface area contributed by atoms with Gasteiger partial charge in [0.2, 0.25) is 15.9 Å². The summed E-state index contributed by atoms with van der Waals surface area (Å²) in [5.41, 5.74) is 0.457. The van der Waals surface area contributed by atoms with E-state index < -0.39 is 33.6 Å². The molecule has 0 bridgehead atoms. The molecule has 1 N–H and O–H groups in total. The highest BCUT2D eigenvalue weighted by molar-refractivity contribution is 7.89. The SMILES string of the molecule is CCCS(=O)(=O)N1CCC[C@@H](C(=O)N[C@@H](C)c2ccc(F)c(F)c2)C1. The maximum atomic E-state index is 13.3. The Morgan fingerprint density at radius 1 is 1.36 bits per heavy atom. The van der Waals surface area contributed by atoms with Crippen molar-refractivity contribution in [3.05, 3.63) is 35.4 Å². The van der Waals surface area contributed by atoms with Crippen molar-refractivity contribution in [2.75, 3.05) is 18.8 Å². The predicted octanol–water partition coefficient (Wildman–Crippen LogP) is 2.59. The summed E-state index contributed by atoms with van der Waals surface area (Å²) >= 11 is 0. The van der Waals surface area contributed by atoms with Crippen molar-refractivity contribution >= 4 is 15.9 Å². The molecule has 1 aliphatic rings. The molecule has 2 atom stereocenters. The first-order valence-electron chi connectivity index (χ1n) is 8.47. The fraction of sp³-hybridized carbons (Fsp3) is 0.588. The minimum Gasteiger partial charge on any atom is -0.349 e. The van der Waals surface area contributed by atoms with Crippen molar-refractivity contribution in [1.82, 2.24) is 9.62 Å². The van der Waals surface area contributed by atoms with Crippen molar-refractivity contribution in [3.63, 3.8) is 0 Å². The van der Waals surface area contributed by atoms with Gasteiger partial charge in [-0.1, -0.05) is 13.0 Å². The lowest BCUT2D eigenvalue weighted by Gasteiger charge is -2.31. The summed E-state index contributed by atoms with van der Waals surface area (Å²) in [5, 5.41) is 2.77. The maximum absolute atomic E-state index is 13.3. The standard InChI is InChI=1S/C17H24F2N2O3S/c1-3-9-25(23,24)21-8-4-5-14(11-21)17(22)20-12(2)13-6-7-15(18)16(19)10-13/h6-7,10,12,14H,3-5,8-9,11H2,1-2H3,(H,20,22)/t12-,14+/m0/s1. The molecule has 1 aromatic rings. The molecule has 0 aromatic heterocycles. The van der Waals surface area contributed by atoms with E-state index in [2.05, 4.69) is 5.32 Å².